The zero-order valence-corrected chi connectivity index (χ0v) is 10.8. The largest absolute Gasteiger partial charge is 0.507 e. The van der Waals surface area contributed by atoms with Crippen molar-refractivity contribution in [3.8, 4) is 5.75 Å². The lowest BCUT2D eigenvalue weighted by Crippen LogP contribution is -2.27. The highest BCUT2D eigenvalue weighted by Gasteiger charge is 2.20. The molecule has 2 aromatic rings. The van der Waals surface area contributed by atoms with Crippen molar-refractivity contribution in [3.63, 3.8) is 0 Å². The van der Waals surface area contributed by atoms with E-state index in [1.165, 1.54) is 30.1 Å². The quantitative estimate of drug-likeness (QED) is 0.898. The summed E-state index contributed by atoms with van der Waals surface area (Å²) in [7, 11) is 1.47. The van der Waals surface area contributed by atoms with Crippen LogP contribution in [-0.2, 0) is 0 Å². The number of amides is 1. The van der Waals surface area contributed by atoms with Gasteiger partial charge < -0.3 is 15.1 Å². The van der Waals surface area contributed by atoms with Crippen LogP contribution in [0, 0.1) is 0 Å². The van der Waals surface area contributed by atoms with Gasteiger partial charge in [0.2, 0.25) is 0 Å². The summed E-state index contributed by atoms with van der Waals surface area (Å²) in [6.07, 6.45) is 0. The molecular weight excluding hydrogens is 258 g/mol. The zero-order chi connectivity index (χ0) is 14.7. The number of carbonyl (C=O) groups excluding carboxylic acids is 1. The van der Waals surface area contributed by atoms with Gasteiger partial charge in [-0.15, -0.1) is 0 Å². The predicted octanol–water partition coefficient (Wildman–Crippen LogP) is 2.37. The van der Waals surface area contributed by atoms with Crippen molar-refractivity contribution in [1.82, 2.24) is 0 Å². The van der Waals surface area contributed by atoms with Crippen molar-refractivity contribution in [2.24, 2.45) is 0 Å². The topological polar surface area (TPSA) is 77.8 Å². The second-order valence-electron chi connectivity index (χ2n) is 4.20. The van der Waals surface area contributed by atoms with Gasteiger partial charge in [-0.25, -0.2) is 4.79 Å². The Balaban J connectivity index is 2.42. The van der Waals surface area contributed by atoms with Gasteiger partial charge in [0.05, 0.1) is 16.8 Å². The molecule has 0 bridgehead atoms. The number of aromatic carboxylic acids is 1. The van der Waals surface area contributed by atoms with E-state index in [1.54, 1.807) is 30.3 Å². The van der Waals surface area contributed by atoms with Crippen molar-refractivity contribution in [1.29, 1.82) is 0 Å². The van der Waals surface area contributed by atoms with Crippen LogP contribution in [0.4, 0.5) is 5.69 Å². The Labute approximate surface area is 115 Å². The number of hydrogen-bond donors (Lipinski definition) is 2. The first kappa shape index (κ1) is 13.6. The molecule has 1 amide bonds. The fraction of sp³-hybridized carbons (Fsp3) is 0.0667. The Morgan fingerprint density at radius 2 is 1.50 bits per heavy atom. The van der Waals surface area contributed by atoms with Gasteiger partial charge in [-0.2, -0.15) is 0 Å². The molecule has 0 heterocycles. The molecule has 20 heavy (non-hydrogen) atoms. The standard InChI is InChI=1S/C15H13NO4/c1-16(12-8-4-2-6-10(12)15(19)20)14(18)11-7-3-5-9-13(11)17/h2-9,17H,1H3,(H,19,20). The highest BCUT2D eigenvalue weighted by molar-refractivity contribution is 6.10. The molecule has 0 saturated carbocycles. The number of phenols is 1. The lowest BCUT2D eigenvalue weighted by molar-refractivity contribution is 0.0697. The van der Waals surface area contributed by atoms with E-state index in [9.17, 15) is 14.7 Å². The molecule has 0 spiro atoms. The van der Waals surface area contributed by atoms with E-state index in [2.05, 4.69) is 0 Å². The molecule has 0 fully saturated rings. The van der Waals surface area contributed by atoms with Gasteiger partial charge in [0.25, 0.3) is 5.91 Å². The number of para-hydroxylation sites is 2. The van der Waals surface area contributed by atoms with Crippen LogP contribution in [0.15, 0.2) is 48.5 Å². The monoisotopic (exact) mass is 271 g/mol. The van der Waals surface area contributed by atoms with Crippen LogP contribution in [0.25, 0.3) is 0 Å². The first-order valence-electron chi connectivity index (χ1n) is 5.90. The van der Waals surface area contributed by atoms with Crippen LogP contribution in [0.3, 0.4) is 0 Å². The van der Waals surface area contributed by atoms with E-state index >= 15 is 0 Å². The maximum absolute atomic E-state index is 12.3. The van der Waals surface area contributed by atoms with E-state index in [0.717, 1.165) is 0 Å². The second kappa shape index (κ2) is 5.44. The molecule has 0 saturated heterocycles. The van der Waals surface area contributed by atoms with Crippen LogP contribution in [-0.4, -0.2) is 29.1 Å². The summed E-state index contributed by atoms with van der Waals surface area (Å²) in [6.45, 7) is 0. The number of carboxylic acid groups (broad SMARTS) is 1. The number of benzene rings is 2. The molecule has 0 unspecified atom stereocenters. The Morgan fingerprint density at radius 1 is 0.950 bits per heavy atom. The molecule has 2 N–H and O–H groups in total. The van der Waals surface area contributed by atoms with Crippen molar-refractivity contribution >= 4 is 17.6 Å². The first-order chi connectivity index (χ1) is 9.52. The van der Waals surface area contributed by atoms with Crippen LogP contribution in [0.1, 0.15) is 20.7 Å². The normalized spacial score (nSPS) is 10.1. The van der Waals surface area contributed by atoms with Crippen LogP contribution in [0.2, 0.25) is 0 Å². The lowest BCUT2D eigenvalue weighted by atomic mass is 10.1. The minimum atomic E-state index is -1.11. The molecule has 0 aliphatic heterocycles. The summed E-state index contributed by atoms with van der Waals surface area (Å²) in [6, 6.07) is 12.3. The van der Waals surface area contributed by atoms with Crippen molar-refractivity contribution in [2.45, 2.75) is 0 Å². The van der Waals surface area contributed by atoms with Gasteiger partial charge in [0.1, 0.15) is 5.75 Å². The van der Waals surface area contributed by atoms with Gasteiger partial charge in [-0.1, -0.05) is 24.3 Å². The summed E-state index contributed by atoms with van der Waals surface area (Å²) < 4.78 is 0. The molecule has 0 radical (unpaired) electrons. The molecule has 2 rings (SSSR count). The number of aromatic hydroxyl groups is 1. The second-order valence-corrected chi connectivity index (χ2v) is 4.20. The summed E-state index contributed by atoms with van der Waals surface area (Å²) >= 11 is 0. The summed E-state index contributed by atoms with van der Waals surface area (Å²) in [4.78, 5) is 24.7. The Bertz CT molecular complexity index is 666. The third kappa shape index (κ3) is 2.47. The molecule has 0 aliphatic rings. The number of carbonyl (C=O) groups is 2. The number of carboxylic acids is 1. The third-order valence-corrected chi connectivity index (χ3v) is 2.93. The number of hydrogen-bond acceptors (Lipinski definition) is 3. The maximum Gasteiger partial charge on any atom is 0.337 e. The van der Waals surface area contributed by atoms with E-state index < -0.39 is 11.9 Å². The minimum absolute atomic E-state index is 0.0266. The van der Waals surface area contributed by atoms with Gasteiger partial charge in [0, 0.05) is 7.05 Å². The van der Waals surface area contributed by atoms with Crippen LogP contribution in [0.5, 0.6) is 5.75 Å². The van der Waals surface area contributed by atoms with Crippen molar-refractivity contribution < 1.29 is 19.8 Å². The minimum Gasteiger partial charge on any atom is -0.507 e. The summed E-state index contributed by atoms with van der Waals surface area (Å²) in [5.74, 6) is -1.73. The molecule has 102 valence electrons. The third-order valence-electron chi connectivity index (χ3n) is 2.93. The average molecular weight is 271 g/mol. The fourth-order valence-corrected chi connectivity index (χ4v) is 1.89. The smallest absolute Gasteiger partial charge is 0.337 e. The Kier molecular flexibility index (Phi) is 3.70. The molecular formula is C15H13NO4. The molecule has 5 nitrogen and oxygen atoms in total. The summed E-state index contributed by atoms with van der Waals surface area (Å²) in [5, 5.41) is 18.8. The van der Waals surface area contributed by atoms with Gasteiger partial charge in [-0.05, 0) is 24.3 Å². The van der Waals surface area contributed by atoms with E-state index in [4.69, 9.17) is 5.11 Å². The van der Waals surface area contributed by atoms with Gasteiger partial charge in [0.15, 0.2) is 0 Å². The van der Waals surface area contributed by atoms with E-state index in [0.29, 0.717) is 0 Å². The van der Waals surface area contributed by atoms with Crippen molar-refractivity contribution in [2.75, 3.05) is 11.9 Å². The van der Waals surface area contributed by atoms with E-state index in [1.807, 2.05) is 0 Å². The Hall–Kier alpha value is -2.82. The number of phenolic OH excluding ortho intramolecular Hbond substituents is 1. The number of nitrogens with zero attached hydrogens (tertiary/aromatic N) is 1. The van der Waals surface area contributed by atoms with Crippen LogP contribution < -0.4 is 4.90 Å². The maximum atomic E-state index is 12.3. The molecule has 0 atom stereocenters. The zero-order valence-electron chi connectivity index (χ0n) is 10.8. The lowest BCUT2D eigenvalue weighted by Gasteiger charge is -2.19. The van der Waals surface area contributed by atoms with Gasteiger partial charge in [-0.3, -0.25) is 4.79 Å². The first-order valence-corrected chi connectivity index (χ1v) is 5.90. The molecule has 0 aromatic heterocycles. The average Bonchev–Trinajstić information content (AvgIpc) is 2.46. The van der Waals surface area contributed by atoms with E-state index in [-0.39, 0.29) is 22.6 Å². The van der Waals surface area contributed by atoms with Crippen molar-refractivity contribution in [3.05, 3.63) is 59.7 Å². The highest BCUT2D eigenvalue weighted by Crippen LogP contribution is 2.24. The predicted molar refractivity (Wildman–Crippen MR) is 74.2 cm³/mol. The fourth-order valence-electron chi connectivity index (χ4n) is 1.89. The van der Waals surface area contributed by atoms with Gasteiger partial charge >= 0.3 is 5.97 Å². The molecule has 2 aromatic carbocycles. The highest BCUT2D eigenvalue weighted by atomic mass is 16.4. The molecule has 0 aliphatic carbocycles. The SMILES string of the molecule is CN(C(=O)c1ccccc1O)c1ccccc1C(=O)O. The summed E-state index contributed by atoms with van der Waals surface area (Å²) in [5.41, 5.74) is 0.419. The molecule has 5 heteroatoms. The van der Waals surface area contributed by atoms with Crippen LogP contribution >= 0.6 is 0 Å². The number of rotatable bonds is 3. The number of anilines is 1. The Morgan fingerprint density at radius 3 is 2.10 bits per heavy atom.